The van der Waals surface area contributed by atoms with Gasteiger partial charge in [0, 0.05) is 29.7 Å². The minimum absolute atomic E-state index is 0.00740. The van der Waals surface area contributed by atoms with Gasteiger partial charge < -0.3 is 39.0 Å². The van der Waals surface area contributed by atoms with Crippen molar-refractivity contribution < 1.29 is 58.2 Å². The number of carbonyl (C=O) groups excluding carboxylic acids is 4. The molecule has 5 rings (SSSR count). The Kier molecular flexibility index (Phi) is 17.5. The summed E-state index contributed by atoms with van der Waals surface area (Å²) in [5.74, 6) is -4.01. The van der Waals surface area contributed by atoms with Gasteiger partial charge in [0.25, 0.3) is 0 Å². The van der Waals surface area contributed by atoms with Crippen molar-refractivity contribution in [3.63, 3.8) is 0 Å². The van der Waals surface area contributed by atoms with Crippen LogP contribution in [0.25, 0.3) is 0 Å². The molecule has 13 heteroatoms. The molecule has 1 saturated carbocycles. The van der Waals surface area contributed by atoms with Crippen LogP contribution in [0.15, 0.2) is 140 Å². The summed E-state index contributed by atoms with van der Waals surface area (Å²) in [6, 6.07) is 31.5. The minimum atomic E-state index is -1.62. The molecule has 4 aromatic carbocycles. The van der Waals surface area contributed by atoms with Gasteiger partial charge in [-0.15, -0.1) is 0 Å². The van der Waals surface area contributed by atoms with E-state index in [4.69, 9.17) is 35.3 Å². The van der Waals surface area contributed by atoms with E-state index in [2.05, 4.69) is 0 Å². The number of hydrogen-bond donors (Lipinski definition) is 3. The maximum atomic E-state index is 13.5. The van der Waals surface area contributed by atoms with Crippen LogP contribution >= 0.6 is 11.6 Å². The number of methoxy groups -OCH3 is 1. The molecule has 3 N–H and O–H groups in total. The van der Waals surface area contributed by atoms with Crippen molar-refractivity contribution in [2.75, 3.05) is 13.7 Å². The van der Waals surface area contributed by atoms with Crippen LogP contribution in [0.4, 0.5) is 0 Å². The fourth-order valence-electron chi connectivity index (χ4n) is 6.83. The number of benzene rings is 4. The first-order valence-corrected chi connectivity index (χ1v) is 20.0. The van der Waals surface area contributed by atoms with Gasteiger partial charge >= 0.3 is 23.9 Å². The fraction of sp³-hybridized carbons (Fsp3) is 0.319. The molecule has 0 aliphatic heterocycles. The summed E-state index contributed by atoms with van der Waals surface area (Å²) in [6.07, 6.45) is 0.770. The van der Waals surface area contributed by atoms with Crippen molar-refractivity contribution in [2.24, 2.45) is 11.8 Å². The highest BCUT2D eigenvalue weighted by Gasteiger charge is 2.47. The largest absolute Gasteiger partial charge is 0.489 e. The van der Waals surface area contributed by atoms with E-state index in [0.29, 0.717) is 40.3 Å². The highest BCUT2D eigenvalue weighted by atomic mass is 35.5. The van der Waals surface area contributed by atoms with Gasteiger partial charge in [-0.3, -0.25) is 4.79 Å². The Morgan fingerprint density at radius 3 is 1.82 bits per heavy atom. The lowest BCUT2D eigenvalue weighted by molar-refractivity contribution is -0.163. The van der Waals surface area contributed by atoms with Crippen LogP contribution in [0.2, 0.25) is 5.02 Å². The van der Waals surface area contributed by atoms with E-state index in [1.165, 1.54) is 7.11 Å². The molecule has 12 nitrogen and oxygen atoms in total. The molecule has 0 aromatic heterocycles. The number of esters is 4. The fourth-order valence-corrected chi connectivity index (χ4v) is 7.01. The Morgan fingerprint density at radius 2 is 1.27 bits per heavy atom. The number of hydrogen-bond acceptors (Lipinski definition) is 12. The van der Waals surface area contributed by atoms with E-state index in [9.17, 15) is 34.5 Å². The summed E-state index contributed by atoms with van der Waals surface area (Å²) >= 11 is 6.18. The number of rotatable bonds is 20. The number of ether oxygens (including phenoxy) is 5. The number of carbonyl (C=O) groups is 4. The van der Waals surface area contributed by atoms with Crippen molar-refractivity contribution >= 4 is 35.5 Å². The van der Waals surface area contributed by atoms with Gasteiger partial charge in [0.2, 0.25) is 0 Å². The summed E-state index contributed by atoms with van der Waals surface area (Å²) in [5.41, 5.74) is 0.964. The Bertz CT molecular complexity index is 2040. The zero-order chi connectivity index (χ0) is 42.9. The van der Waals surface area contributed by atoms with Crippen molar-refractivity contribution in [1.82, 2.24) is 0 Å². The predicted octanol–water partition coefficient (Wildman–Crippen LogP) is 7.14. The molecule has 0 spiro atoms. The van der Waals surface area contributed by atoms with Gasteiger partial charge in [0.1, 0.15) is 24.6 Å². The summed E-state index contributed by atoms with van der Waals surface area (Å²) in [5, 5.41) is 33.2. The van der Waals surface area contributed by atoms with E-state index >= 15 is 0 Å². The van der Waals surface area contributed by atoms with E-state index in [-0.39, 0.29) is 31.8 Å². The third kappa shape index (κ3) is 13.4. The zero-order valence-corrected chi connectivity index (χ0v) is 33.8. The maximum absolute atomic E-state index is 13.5. The van der Waals surface area contributed by atoms with Gasteiger partial charge in [-0.2, -0.15) is 0 Å². The van der Waals surface area contributed by atoms with Crippen molar-refractivity contribution in [3.05, 3.63) is 161 Å². The van der Waals surface area contributed by atoms with Gasteiger partial charge in [-0.25, -0.2) is 14.4 Å². The maximum Gasteiger partial charge on any atom is 0.340 e. The summed E-state index contributed by atoms with van der Waals surface area (Å²) in [6.45, 7) is -0.208. The first kappa shape index (κ1) is 45.3. The third-order valence-corrected chi connectivity index (χ3v) is 10.2. The molecular weight excluding hydrogens is 792 g/mol. The molecule has 60 heavy (non-hydrogen) atoms. The molecule has 8 atom stereocenters. The van der Waals surface area contributed by atoms with E-state index < -0.39 is 66.4 Å². The van der Waals surface area contributed by atoms with E-state index in [1.54, 1.807) is 127 Å². The molecule has 0 bridgehead atoms. The second kappa shape index (κ2) is 23.1. The highest BCUT2D eigenvalue weighted by molar-refractivity contribution is 6.30. The van der Waals surface area contributed by atoms with Crippen molar-refractivity contribution in [1.29, 1.82) is 0 Å². The van der Waals surface area contributed by atoms with Crippen LogP contribution in [0.3, 0.4) is 0 Å². The molecule has 1 fully saturated rings. The normalized spacial score (nSPS) is 19.6. The Labute approximate surface area is 354 Å². The molecule has 0 unspecified atom stereocenters. The quantitative estimate of drug-likeness (QED) is 0.0356. The van der Waals surface area contributed by atoms with Crippen LogP contribution in [-0.4, -0.2) is 71.2 Å². The van der Waals surface area contributed by atoms with Gasteiger partial charge in [0.15, 0.2) is 24.4 Å². The van der Waals surface area contributed by atoms with E-state index in [1.807, 2.05) is 12.2 Å². The minimum Gasteiger partial charge on any atom is -0.489 e. The lowest BCUT2D eigenvalue weighted by atomic mass is 9.89. The summed E-state index contributed by atoms with van der Waals surface area (Å²) in [4.78, 5) is 52.0. The number of aliphatic hydroxyl groups excluding tert-OH is 3. The second-order valence-electron chi connectivity index (χ2n) is 14.2. The molecule has 4 aromatic rings. The number of aliphatic hydroxyl groups is 3. The van der Waals surface area contributed by atoms with E-state index in [0.717, 1.165) is 0 Å². The second-order valence-corrected chi connectivity index (χ2v) is 14.6. The monoisotopic (exact) mass is 840 g/mol. The zero-order valence-electron chi connectivity index (χ0n) is 33.0. The molecule has 0 saturated heterocycles. The van der Waals surface area contributed by atoms with Crippen LogP contribution in [0.1, 0.15) is 67.1 Å². The average Bonchev–Trinajstić information content (AvgIpc) is 3.59. The molecular formula is C47H49ClO12. The molecule has 0 amide bonds. The Morgan fingerprint density at radius 1 is 0.717 bits per heavy atom. The lowest BCUT2D eigenvalue weighted by Crippen LogP contribution is -2.30. The first-order valence-electron chi connectivity index (χ1n) is 19.6. The van der Waals surface area contributed by atoms with Crippen LogP contribution in [0.5, 0.6) is 5.75 Å². The van der Waals surface area contributed by atoms with Crippen molar-refractivity contribution in [3.8, 4) is 5.75 Å². The number of allylic oxidation sites excluding steroid dienone is 2. The third-order valence-electron chi connectivity index (χ3n) is 10.00. The van der Waals surface area contributed by atoms with Gasteiger partial charge in [-0.05, 0) is 60.2 Å². The Balaban J connectivity index is 1.47. The molecule has 0 radical (unpaired) electrons. The highest BCUT2D eigenvalue weighted by Crippen LogP contribution is 2.41. The lowest BCUT2D eigenvalue weighted by Gasteiger charge is -2.25. The van der Waals surface area contributed by atoms with Gasteiger partial charge in [-0.1, -0.05) is 127 Å². The van der Waals surface area contributed by atoms with Crippen LogP contribution in [0, 0.1) is 11.8 Å². The predicted molar refractivity (Wildman–Crippen MR) is 221 cm³/mol. The number of unbranched alkanes of at least 4 members (excludes halogenated alkanes) is 1. The van der Waals surface area contributed by atoms with Gasteiger partial charge in [0.05, 0.1) is 7.11 Å². The smallest absolute Gasteiger partial charge is 0.340 e. The molecule has 316 valence electrons. The summed E-state index contributed by atoms with van der Waals surface area (Å²) < 4.78 is 28.5. The standard InChI is InChI=1S/C47H49ClO12/c1-56-41(49)25-14-3-2-13-24-37-38(27-26-36(30-57-35-23-15-22-34(48)28-35)58-45(53)42(50)31-16-7-4-8-17-31)40(60-47(55)44(52)33-20-11-6-12-21-33)29-39(37)59-46(54)43(51)32-18-9-5-10-19-32/h2,4-13,15-23,26-28,36-40,42-44,50-52H,3,14,24-25,29-30H2,1H3/b13-2-,27-26+/t36-,37-,38-,39+,40-,42+,43+,44+/m0/s1. The molecule has 1 aliphatic carbocycles. The average molecular weight is 841 g/mol. The summed E-state index contributed by atoms with van der Waals surface area (Å²) in [7, 11) is 1.32. The topological polar surface area (TPSA) is 175 Å². The van der Waals surface area contributed by atoms with Crippen LogP contribution < -0.4 is 4.74 Å². The number of halogens is 1. The SMILES string of the molecule is COC(=O)CCC/C=C\C[C@H]1[C@H](/C=C/[C@@H](COc2cccc(Cl)c2)OC(=O)[C@H](O)c2ccccc2)[C@@H](OC(=O)[C@H](O)c2ccccc2)C[C@H]1OC(=O)[C@H](O)c1ccccc1. The first-order chi connectivity index (χ1) is 29.0. The molecule has 1 aliphatic rings. The molecule has 0 heterocycles. The van der Waals surface area contributed by atoms with Crippen LogP contribution in [-0.2, 0) is 38.1 Å². The Hall–Kier alpha value is -5.79. The van der Waals surface area contributed by atoms with Crippen molar-refractivity contribution in [2.45, 2.75) is 68.7 Å².